The molecule has 0 spiro atoms. The molecule has 2 N–H and O–H groups in total. The minimum Gasteiger partial charge on any atom is -0.325 e. The molecule has 0 fully saturated rings. The second-order valence-corrected chi connectivity index (χ2v) is 7.47. The number of carbonyl (C=O) groups is 1. The first-order chi connectivity index (χ1) is 10.8. The molecule has 0 aliphatic rings. The van der Waals surface area contributed by atoms with Gasteiger partial charge < -0.3 is 5.32 Å². The molecule has 0 radical (unpaired) electrons. The summed E-state index contributed by atoms with van der Waals surface area (Å²) >= 11 is 17.3. The van der Waals surface area contributed by atoms with Crippen LogP contribution in [0.1, 0.15) is 0 Å². The summed E-state index contributed by atoms with van der Waals surface area (Å²) in [5.41, 5.74) is 0.508. The van der Waals surface area contributed by atoms with Crippen LogP contribution in [0.15, 0.2) is 47.4 Å². The topological polar surface area (TPSA) is 75.3 Å². The summed E-state index contributed by atoms with van der Waals surface area (Å²) in [6.45, 7) is -0.425. The van der Waals surface area contributed by atoms with Gasteiger partial charge in [0.25, 0.3) is 0 Å². The molecule has 0 aromatic heterocycles. The van der Waals surface area contributed by atoms with E-state index < -0.39 is 22.5 Å². The van der Waals surface area contributed by atoms with Gasteiger partial charge in [-0.2, -0.15) is 0 Å². The molecule has 0 aliphatic heterocycles. The Labute approximate surface area is 148 Å². The molecule has 2 aromatic carbocycles. The standard InChI is InChI=1S/C14H11Cl3N2O3S/c15-9-1-3-10(4-2-9)19-14(20)8-18-23(21,22)11-5-6-12(16)13(17)7-11/h1-7,18H,8H2,(H,19,20). The van der Waals surface area contributed by atoms with Crippen molar-refractivity contribution in [3.8, 4) is 0 Å². The van der Waals surface area contributed by atoms with Crippen LogP contribution < -0.4 is 10.0 Å². The lowest BCUT2D eigenvalue weighted by molar-refractivity contribution is -0.115. The van der Waals surface area contributed by atoms with Crippen LogP contribution in [0.2, 0.25) is 15.1 Å². The zero-order valence-electron chi connectivity index (χ0n) is 11.5. The minimum atomic E-state index is -3.87. The van der Waals surface area contributed by atoms with Crippen LogP contribution in [0.3, 0.4) is 0 Å². The third-order valence-corrected chi connectivity index (χ3v) is 5.14. The monoisotopic (exact) mass is 392 g/mol. The highest BCUT2D eigenvalue weighted by Crippen LogP contribution is 2.24. The predicted octanol–water partition coefficient (Wildman–Crippen LogP) is 3.56. The lowest BCUT2D eigenvalue weighted by Crippen LogP contribution is -2.32. The van der Waals surface area contributed by atoms with Crippen LogP contribution >= 0.6 is 34.8 Å². The van der Waals surface area contributed by atoms with Crippen LogP contribution in [0.5, 0.6) is 0 Å². The number of nitrogens with one attached hydrogen (secondary N) is 2. The van der Waals surface area contributed by atoms with Crippen molar-refractivity contribution in [2.45, 2.75) is 4.90 Å². The molecule has 23 heavy (non-hydrogen) atoms. The molecule has 0 aliphatic carbocycles. The van der Waals surface area contributed by atoms with E-state index in [1.165, 1.54) is 18.2 Å². The Hall–Kier alpha value is -1.31. The van der Waals surface area contributed by atoms with E-state index in [9.17, 15) is 13.2 Å². The first-order valence-corrected chi connectivity index (χ1v) is 8.90. The molecular weight excluding hydrogens is 383 g/mol. The zero-order valence-corrected chi connectivity index (χ0v) is 14.6. The molecule has 5 nitrogen and oxygen atoms in total. The van der Waals surface area contributed by atoms with Crippen molar-refractivity contribution in [1.29, 1.82) is 0 Å². The summed E-state index contributed by atoms with van der Waals surface area (Å²) in [6.07, 6.45) is 0. The SMILES string of the molecule is O=C(CNS(=O)(=O)c1ccc(Cl)c(Cl)c1)Nc1ccc(Cl)cc1. The maximum atomic E-state index is 12.1. The highest BCUT2D eigenvalue weighted by molar-refractivity contribution is 7.89. The van der Waals surface area contributed by atoms with Gasteiger partial charge in [0, 0.05) is 10.7 Å². The number of carbonyl (C=O) groups excluding carboxylic acids is 1. The maximum absolute atomic E-state index is 12.1. The van der Waals surface area contributed by atoms with Crippen LogP contribution in [0.4, 0.5) is 5.69 Å². The Balaban J connectivity index is 1.99. The molecule has 0 saturated heterocycles. The lowest BCUT2D eigenvalue weighted by Gasteiger charge is -2.08. The van der Waals surface area contributed by atoms with E-state index in [1.807, 2.05) is 0 Å². The smallest absolute Gasteiger partial charge is 0.241 e. The highest BCUT2D eigenvalue weighted by Gasteiger charge is 2.16. The Bertz CT molecular complexity index is 824. The second-order valence-electron chi connectivity index (χ2n) is 4.46. The zero-order chi connectivity index (χ0) is 17.0. The van der Waals surface area contributed by atoms with Crippen LogP contribution in [0.25, 0.3) is 0 Å². The quantitative estimate of drug-likeness (QED) is 0.815. The maximum Gasteiger partial charge on any atom is 0.241 e. The van der Waals surface area contributed by atoms with Gasteiger partial charge in [0.15, 0.2) is 0 Å². The van der Waals surface area contributed by atoms with Crippen LogP contribution in [-0.2, 0) is 14.8 Å². The molecule has 9 heteroatoms. The summed E-state index contributed by atoms with van der Waals surface area (Å²) < 4.78 is 26.4. The van der Waals surface area contributed by atoms with Gasteiger partial charge in [0.2, 0.25) is 15.9 Å². The number of rotatable bonds is 5. The molecule has 0 unspecified atom stereocenters. The Kier molecular flexibility index (Phi) is 5.89. The summed E-state index contributed by atoms with van der Waals surface area (Å²) in [6, 6.07) is 10.3. The molecule has 2 rings (SSSR count). The van der Waals surface area contributed by atoms with Crippen LogP contribution in [0, 0.1) is 0 Å². The van der Waals surface area contributed by atoms with Crippen molar-refractivity contribution < 1.29 is 13.2 Å². The normalized spacial score (nSPS) is 11.3. The summed E-state index contributed by atoms with van der Waals surface area (Å²) in [7, 11) is -3.87. The Morgan fingerprint density at radius 3 is 2.22 bits per heavy atom. The van der Waals surface area contributed by atoms with Gasteiger partial charge in [-0.05, 0) is 42.5 Å². The second kappa shape index (κ2) is 7.51. The van der Waals surface area contributed by atoms with E-state index in [-0.39, 0.29) is 14.9 Å². The average molecular weight is 394 g/mol. The largest absolute Gasteiger partial charge is 0.325 e. The molecule has 2 aromatic rings. The highest BCUT2D eigenvalue weighted by atomic mass is 35.5. The first-order valence-electron chi connectivity index (χ1n) is 6.28. The number of anilines is 1. The summed E-state index contributed by atoms with van der Waals surface area (Å²) in [5.74, 6) is -0.518. The van der Waals surface area contributed by atoms with E-state index in [2.05, 4.69) is 10.0 Å². The molecule has 0 atom stereocenters. The number of benzene rings is 2. The van der Waals surface area contributed by atoms with Gasteiger partial charge in [-0.15, -0.1) is 0 Å². The minimum absolute atomic E-state index is 0.0776. The summed E-state index contributed by atoms with van der Waals surface area (Å²) in [5, 5.41) is 3.43. The fourth-order valence-corrected chi connectivity index (χ4v) is 3.12. The number of halogens is 3. The Morgan fingerprint density at radius 2 is 1.61 bits per heavy atom. The number of hydrogen-bond donors (Lipinski definition) is 2. The third-order valence-electron chi connectivity index (χ3n) is 2.75. The lowest BCUT2D eigenvalue weighted by atomic mass is 10.3. The van der Waals surface area contributed by atoms with Crippen molar-refractivity contribution in [3.05, 3.63) is 57.5 Å². The van der Waals surface area contributed by atoms with Crippen LogP contribution in [-0.4, -0.2) is 20.9 Å². The number of sulfonamides is 1. The molecule has 0 saturated carbocycles. The van der Waals surface area contributed by atoms with Gasteiger partial charge in [0.1, 0.15) is 0 Å². The fraction of sp³-hybridized carbons (Fsp3) is 0.0714. The molecule has 0 bridgehead atoms. The third kappa shape index (κ3) is 5.09. The van der Waals surface area contributed by atoms with Crippen molar-refractivity contribution in [1.82, 2.24) is 4.72 Å². The van der Waals surface area contributed by atoms with Gasteiger partial charge in [-0.3, -0.25) is 4.79 Å². The molecule has 0 heterocycles. The summed E-state index contributed by atoms with van der Waals surface area (Å²) in [4.78, 5) is 11.7. The average Bonchev–Trinajstić information content (AvgIpc) is 2.50. The molecule has 122 valence electrons. The van der Waals surface area contributed by atoms with E-state index in [4.69, 9.17) is 34.8 Å². The van der Waals surface area contributed by atoms with E-state index in [0.717, 1.165) is 0 Å². The molecular formula is C14H11Cl3N2O3S. The van der Waals surface area contributed by atoms with E-state index in [0.29, 0.717) is 10.7 Å². The molecule has 1 amide bonds. The van der Waals surface area contributed by atoms with Gasteiger partial charge >= 0.3 is 0 Å². The number of hydrogen-bond acceptors (Lipinski definition) is 3. The van der Waals surface area contributed by atoms with Crippen molar-refractivity contribution in [3.63, 3.8) is 0 Å². The van der Waals surface area contributed by atoms with E-state index in [1.54, 1.807) is 24.3 Å². The van der Waals surface area contributed by atoms with Crippen molar-refractivity contribution >= 4 is 56.4 Å². The van der Waals surface area contributed by atoms with E-state index >= 15 is 0 Å². The van der Waals surface area contributed by atoms with Crippen molar-refractivity contribution in [2.24, 2.45) is 0 Å². The van der Waals surface area contributed by atoms with Gasteiger partial charge in [-0.25, -0.2) is 13.1 Å². The van der Waals surface area contributed by atoms with Crippen molar-refractivity contribution in [2.75, 3.05) is 11.9 Å². The Morgan fingerprint density at radius 1 is 0.957 bits per heavy atom. The fourth-order valence-electron chi connectivity index (χ4n) is 1.63. The van der Waals surface area contributed by atoms with Gasteiger partial charge in [-0.1, -0.05) is 34.8 Å². The van der Waals surface area contributed by atoms with Gasteiger partial charge in [0.05, 0.1) is 21.5 Å². The predicted molar refractivity (Wildman–Crippen MR) is 91.7 cm³/mol. The number of amides is 1. The first kappa shape index (κ1) is 18.0.